The van der Waals surface area contributed by atoms with Gasteiger partial charge in [0.05, 0.1) is 11.3 Å². The highest BCUT2D eigenvalue weighted by molar-refractivity contribution is 6.29. The number of esters is 1. The minimum Gasteiger partial charge on any atom is -0.452 e. The van der Waals surface area contributed by atoms with E-state index in [4.69, 9.17) is 16.3 Å². The van der Waals surface area contributed by atoms with Crippen LogP contribution in [0.5, 0.6) is 0 Å². The van der Waals surface area contributed by atoms with Crippen LogP contribution in [0.4, 0.5) is 10.1 Å². The van der Waals surface area contributed by atoms with E-state index in [-0.39, 0.29) is 29.0 Å². The van der Waals surface area contributed by atoms with Crippen LogP contribution < -0.4 is 4.90 Å². The molecule has 1 amide bonds. The molecular formula is C18H17ClFN3O3. The molecule has 0 unspecified atom stereocenters. The number of amides is 1. The van der Waals surface area contributed by atoms with Gasteiger partial charge in [0.25, 0.3) is 5.91 Å². The summed E-state index contributed by atoms with van der Waals surface area (Å²) in [4.78, 5) is 31.4. The van der Waals surface area contributed by atoms with Gasteiger partial charge in [-0.05, 0) is 24.3 Å². The van der Waals surface area contributed by atoms with Crippen LogP contribution in [0.3, 0.4) is 0 Å². The van der Waals surface area contributed by atoms with Crippen molar-refractivity contribution in [3.05, 3.63) is 59.1 Å². The first-order valence-corrected chi connectivity index (χ1v) is 8.48. The number of benzene rings is 1. The van der Waals surface area contributed by atoms with Crippen LogP contribution in [0, 0.1) is 5.82 Å². The fourth-order valence-electron chi connectivity index (χ4n) is 2.70. The number of hydrogen-bond acceptors (Lipinski definition) is 5. The van der Waals surface area contributed by atoms with Crippen molar-refractivity contribution >= 4 is 29.2 Å². The SMILES string of the molecule is O=C(OCC(=O)N1CCN(c2ccccc2F)CC1)c1ccc(Cl)nc1. The van der Waals surface area contributed by atoms with Gasteiger partial charge in [-0.25, -0.2) is 14.2 Å². The zero-order valence-electron chi connectivity index (χ0n) is 13.9. The molecule has 0 atom stereocenters. The highest BCUT2D eigenvalue weighted by Crippen LogP contribution is 2.20. The van der Waals surface area contributed by atoms with Crippen molar-refractivity contribution in [1.29, 1.82) is 0 Å². The fraction of sp³-hybridized carbons (Fsp3) is 0.278. The number of para-hydroxylation sites is 1. The molecular weight excluding hydrogens is 361 g/mol. The lowest BCUT2D eigenvalue weighted by Crippen LogP contribution is -2.50. The zero-order valence-corrected chi connectivity index (χ0v) is 14.7. The fourth-order valence-corrected chi connectivity index (χ4v) is 2.82. The number of ether oxygens (including phenoxy) is 1. The summed E-state index contributed by atoms with van der Waals surface area (Å²) in [7, 11) is 0. The molecule has 0 N–H and O–H groups in total. The molecule has 0 radical (unpaired) electrons. The number of piperazine rings is 1. The summed E-state index contributed by atoms with van der Waals surface area (Å²) in [6, 6.07) is 9.51. The van der Waals surface area contributed by atoms with Crippen LogP contribution in [0.25, 0.3) is 0 Å². The van der Waals surface area contributed by atoms with Crippen LogP contribution in [0.2, 0.25) is 5.15 Å². The van der Waals surface area contributed by atoms with Crippen LogP contribution in [-0.2, 0) is 9.53 Å². The smallest absolute Gasteiger partial charge is 0.340 e. The molecule has 2 aromatic rings. The van der Waals surface area contributed by atoms with Crippen molar-refractivity contribution in [3.63, 3.8) is 0 Å². The molecule has 1 aromatic carbocycles. The Labute approximate surface area is 155 Å². The molecule has 1 fully saturated rings. The van der Waals surface area contributed by atoms with Gasteiger partial charge in [-0.1, -0.05) is 23.7 Å². The maximum Gasteiger partial charge on any atom is 0.340 e. The Hall–Kier alpha value is -2.67. The minimum absolute atomic E-state index is 0.228. The number of rotatable bonds is 4. The quantitative estimate of drug-likeness (QED) is 0.604. The number of pyridine rings is 1. The van der Waals surface area contributed by atoms with Gasteiger partial charge in [-0.2, -0.15) is 0 Å². The van der Waals surface area contributed by atoms with Crippen LogP contribution in [0.15, 0.2) is 42.6 Å². The lowest BCUT2D eigenvalue weighted by molar-refractivity contribution is -0.134. The van der Waals surface area contributed by atoms with Crippen molar-refractivity contribution in [1.82, 2.24) is 9.88 Å². The Bertz CT molecular complexity index is 793. The normalized spacial score (nSPS) is 14.2. The molecule has 1 aromatic heterocycles. The molecule has 8 heteroatoms. The molecule has 2 heterocycles. The summed E-state index contributed by atoms with van der Waals surface area (Å²) in [5.41, 5.74) is 0.757. The maximum atomic E-state index is 13.8. The average Bonchev–Trinajstić information content (AvgIpc) is 2.67. The molecule has 136 valence electrons. The van der Waals surface area contributed by atoms with Gasteiger partial charge in [-0.3, -0.25) is 4.79 Å². The molecule has 0 bridgehead atoms. The van der Waals surface area contributed by atoms with E-state index in [1.165, 1.54) is 24.4 Å². The maximum absolute atomic E-state index is 13.8. The van der Waals surface area contributed by atoms with Gasteiger partial charge in [-0.15, -0.1) is 0 Å². The predicted octanol–water partition coefficient (Wildman–Crippen LogP) is 2.38. The van der Waals surface area contributed by atoms with E-state index < -0.39 is 5.97 Å². The minimum atomic E-state index is -0.632. The molecule has 3 rings (SSSR count). The number of carbonyl (C=O) groups is 2. The first-order chi connectivity index (χ1) is 12.5. The van der Waals surface area contributed by atoms with Crippen molar-refractivity contribution < 1.29 is 18.7 Å². The van der Waals surface area contributed by atoms with Crippen molar-refractivity contribution in [3.8, 4) is 0 Å². The second-order valence-electron chi connectivity index (χ2n) is 5.76. The third kappa shape index (κ3) is 4.29. The van der Waals surface area contributed by atoms with E-state index >= 15 is 0 Å². The molecule has 0 spiro atoms. The first-order valence-electron chi connectivity index (χ1n) is 8.10. The number of halogens is 2. The van der Waals surface area contributed by atoms with Gasteiger partial charge in [0.15, 0.2) is 6.61 Å². The summed E-state index contributed by atoms with van der Waals surface area (Å²) in [6.45, 7) is 1.56. The average molecular weight is 378 g/mol. The van der Waals surface area contributed by atoms with Crippen molar-refractivity contribution in [2.75, 3.05) is 37.7 Å². The van der Waals surface area contributed by atoms with E-state index in [0.717, 1.165) is 0 Å². The number of anilines is 1. The molecule has 0 aliphatic carbocycles. The van der Waals surface area contributed by atoms with E-state index in [1.54, 1.807) is 23.1 Å². The number of aromatic nitrogens is 1. The third-order valence-corrected chi connectivity index (χ3v) is 4.34. The largest absolute Gasteiger partial charge is 0.452 e. The highest BCUT2D eigenvalue weighted by atomic mass is 35.5. The lowest BCUT2D eigenvalue weighted by Gasteiger charge is -2.36. The second-order valence-corrected chi connectivity index (χ2v) is 6.15. The second kappa shape index (κ2) is 8.14. The Morgan fingerprint density at radius 1 is 1.12 bits per heavy atom. The van der Waals surface area contributed by atoms with Crippen molar-refractivity contribution in [2.45, 2.75) is 0 Å². The summed E-state index contributed by atoms with van der Waals surface area (Å²) >= 11 is 5.66. The summed E-state index contributed by atoms with van der Waals surface area (Å²) in [5.74, 6) is -1.20. The Kier molecular flexibility index (Phi) is 5.68. The lowest BCUT2D eigenvalue weighted by atomic mass is 10.2. The monoisotopic (exact) mass is 377 g/mol. The molecule has 26 heavy (non-hydrogen) atoms. The topological polar surface area (TPSA) is 62.7 Å². The zero-order chi connectivity index (χ0) is 18.5. The molecule has 1 aliphatic heterocycles. The molecule has 1 aliphatic rings. The van der Waals surface area contributed by atoms with Gasteiger partial charge in [0.2, 0.25) is 0 Å². The van der Waals surface area contributed by atoms with E-state index in [9.17, 15) is 14.0 Å². The number of hydrogen-bond donors (Lipinski definition) is 0. The summed E-state index contributed by atoms with van der Waals surface area (Å²) in [5, 5.41) is 0.269. The van der Waals surface area contributed by atoms with Gasteiger partial charge < -0.3 is 14.5 Å². The van der Waals surface area contributed by atoms with Gasteiger partial charge >= 0.3 is 5.97 Å². The standard InChI is InChI=1S/C18H17ClFN3O3/c19-16-6-5-13(11-21-16)18(25)26-12-17(24)23-9-7-22(8-10-23)15-4-2-1-3-14(15)20/h1-6,11H,7-10,12H2. The van der Waals surface area contributed by atoms with E-state index in [1.807, 2.05) is 4.90 Å². The first kappa shape index (κ1) is 18.1. The summed E-state index contributed by atoms with van der Waals surface area (Å²) < 4.78 is 18.9. The van der Waals surface area contributed by atoms with E-state index in [0.29, 0.717) is 31.9 Å². The van der Waals surface area contributed by atoms with Crippen LogP contribution in [0.1, 0.15) is 10.4 Å². The predicted molar refractivity (Wildman–Crippen MR) is 94.7 cm³/mol. The third-order valence-electron chi connectivity index (χ3n) is 4.12. The molecule has 6 nitrogen and oxygen atoms in total. The van der Waals surface area contributed by atoms with Crippen LogP contribution >= 0.6 is 11.6 Å². The Morgan fingerprint density at radius 3 is 2.50 bits per heavy atom. The Morgan fingerprint density at radius 2 is 1.85 bits per heavy atom. The Balaban J connectivity index is 1.48. The molecule has 0 saturated carbocycles. The highest BCUT2D eigenvalue weighted by Gasteiger charge is 2.23. The number of carbonyl (C=O) groups excluding carboxylic acids is 2. The number of nitrogens with zero attached hydrogens (tertiary/aromatic N) is 3. The molecule has 1 saturated heterocycles. The van der Waals surface area contributed by atoms with Gasteiger partial charge in [0.1, 0.15) is 11.0 Å². The van der Waals surface area contributed by atoms with Crippen LogP contribution in [-0.4, -0.2) is 54.5 Å². The van der Waals surface area contributed by atoms with Gasteiger partial charge in [0, 0.05) is 32.4 Å². The van der Waals surface area contributed by atoms with E-state index in [2.05, 4.69) is 4.98 Å². The summed E-state index contributed by atoms with van der Waals surface area (Å²) in [6.07, 6.45) is 1.29. The van der Waals surface area contributed by atoms with Crippen molar-refractivity contribution in [2.24, 2.45) is 0 Å².